The first-order valence-corrected chi connectivity index (χ1v) is 6.33. The van der Waals surface area contributed by atoms with E-state index in [1.807, 2.05) is 19.1 Å². The van der Waals surface area contributed by atoms with Gasteiger partial charge in [-0.3, -0.25) is 4.79 Å². The van der Waals surface area contributed by atoms with E-state index >= 15 is 0 Å². The van der Waals surface area contributed by atoms with Gasteiger partial charge in [0.1, 0.15) is 0 Å². The second-order valence-corrected chi connectivity index (χ2v) is 4.79. The van der Waals surface area contributed by atoms with Crippen LogP contribution in [0.15, 0.2) is 29.1 Å². The van der Waals surface area contributed by atoms with Crippen molar-refractivity contribution in [1.82, 2.24) is 10.3 Å². The third-order valence-electron chi connectivity index (χ3n) is 3.50. The Labute approximate surface area is 106 Å². The van der Waals surface area contributed by atoms with Crippen LogP contribution in [0.5, 0.6) is 0 Å². The molecule has 0 radical (unpaired) electrons. The number of fused-ring (bicyclic) bond motifs is 1. The molecule has 1 fully saturated rings. The van der Waals surface area contributed by atoms with Crippen molar-refractivity contribution in [3.63, 3.8) is 0 Å². The van der Waals surface area contributed by atoms with E-state index in [2.05, 4.69) is 27.3 Å². The fourth-order valence-electron chi connectivity index (χ4n) is 2.42. The largest absolute Gasteiger partial charge is 0.369 e. The van der Waals surface area contributed by atoms with Crippen molar-refractivity contribution < 1.29 is 0 Å². The molecule has 2 heterocycles. The number of rotatable bonds is 1. The lowest BCUT2D eigenvalue weighted by Gasteiger charge is -2.29. The second kappa shape index (κ2) is 4.46. The molecule has 0 spiro atoms. The molecule has 1 aliphatic heterocycles. The summed E-state index contributed by atoms with van der Waals surface area (Å²) in [6, 6.07) is 8.19. The molecular formula is C14H17N3O. The van der Waals surface area contributed by atoms with Crippen LogP contribution in [0.3, 0.4) is 0 Å². The number of aromatic amines is 1. The number of aryl methyl sites for hydroxylation is 1. The Kier molecular flexibility index (Phi) is 2.80. The number of nitrogens with zero attached hydrogens (tertiary/aromatic N) is 1. The first-order chi connectivity index (χ1) is 8.74. The molecule has 1 saturated heterocycles. The molecule has 2 aromatic rings. The molecular weight excluding hydrogens is 226 g/mol. The number of benzene rings is 1. The van der Waals surface area contributed by atoms with Gasteiger partial charge in [-0.1, -0.05) is 0 Å². The number of nitrogens with one attached hydrogen (secondary N) is 2. The SMILES string of the molecule is Cc1cc2cc(N3CCNCC3)ccc2[nH]c1=O. The molecule has 0 amide bonds. The van der Waals surface area contributed by atoms with Crippen LogP contribution in [0, 0.1) is 6.92 Å². The minimum atomic E-state index is -0.00239. The molecule has 0 saturated carbocycles. The number of hydrogen-bond acceptors (Lipinski definition) is 3. The maximum atomic E-state index is 11.5. The van der Waals surface area contributed by atoms with Crippen molar-refractivity contribution >= 4 is 16.6 Å². The predicted molar refractivity (Wildman–Crippen MR) is 74.4 cm³/mol. The van der Waals surface area contributed by atoms with Crippen molar-refractivity contribution in [2.24, 2.45) is 0 Å². The smallest absolute Gasteiger partial charge is 0.251 e. The molecule has 0 unspecified atom stereocenters. The van der Waals surface area contributed by atoms with Gasteiger partial charge in [-0.2, -0.15) is 0 Å². The first kappa shape index (κ1) is 11.3. The number of hydrogen-bond donors (Lipinski definition) is 2. The maximum absolute atomic E-state index is 11.5. The standard InChI is InChI=1S/C14H17N3O/c1-10-8-11-9-12(17-6-4-15-5-7-17)2-3-13(11)16-14(10)18/h2-3,8-9,15H,4-7H2,1H3,(H,16,18). The van der Waals surface area contributed by atoms with E-state index in [1.54, 1.807) is 0 Å². The second-order valence-electron chi connectivity index (χ2n) is 4.79. The quantitative estimate of drug-likeness (QED) is 0.792. The fourth-order valence-corrected chi connectivity index (χ4v) is 2.42. The monoisotopic (exact) mass is 243 g/mol. The minimum Gasteiger partial charge on any atom is -0.369 e. The summed E-state index contributed by atoms with van der Waals surface area (Å²) in [6.07, 6.45) is 0. The van der Waals surface area contributed by atoms with Gasteiger partial charge in [0.15, 0.2) is 0 Å². The Bertz CT molecular complexity index is 626. The summed E-state index contributed by atoms with van der Waals surface area (Å²) in [6.45, 7) is 5.98. The van der Waals surface area contributed by atoms with Crippen LogP contribution in [0.4, 0.5) is 5.69 Å². The number of H-pyrrole nitrogens is 1. The third kappa shape index (κ3) is 1.99. The zero-order valence-electron chi connectivity index (χ0n) is 10.5. The predicted octanol–water partition coefficient (Wildman–Crippen LogP) is 1.25. The topological polar surface area (TPSA) is 48.1 Å². The summed E-state index contributed by atoms with van der Waals surface area (Å²) in [4.78, 5) is 16.8. The molecule has 1 aromatic carbocycles. The Hall–Kier alpha value is -1.81. The van der Waals surface area contributed by atoms with E-state index in [0.717, 1.165) is 42.6 Å². The van der Waals surface area contributed by atoms with E-state index in [-0.39, 0.29) is 5.56 Å². The van der Waals surface area contributed by atoms with Crippen molar-refractivity contribution in [3.8, 4) is 0 Å². The van der Waals surface area contributed by atoms with Crippen molar-refractivity contribution in [2.45, 2.75) is 6.92 Å². The van der Waals surface area contributed by atoms with Gasteiger partial charge in [-0.05, 0) is 31.2 Å². The van der Waals surface area contributed by atoms with Crippen molar-refractivity contribution in [3.05, 3.63) is 40.2 Å². The average Bonchev–Trinajstić information content (AvgIpc) is 2.41. The summed E-state index contributed by atoms with van der Waals surface area (Å²) < 4.78 is 0. The fraction of sp³-hybridized carbons (Fsp3) is 0.357. The lowest BCUT2D eigenvalue weighted by molar-refractivity contribution is 0.589. The molecule has 0 bridgehead atoms. The van der Waals surface area contributed by atoms with Crippen LogP contribution in [-0.4, -0.2) is 31.2 Å². The zero-order valence-corrected chi connectivity index (χ0v) is 10.5. The molecule has 18 heavy (non-hydrogen) atoms. The number of anilines is 1. The van der Waals surface area contributed by atoms with Crippen LogP contribution in [-0.2, 0) is 0 Å². The summed E-state index contributed by atoms with van der Waals surface area (Å²) >= 11 is 0. The Morgan fingerprint density at radius 1 is 1.17 bits per heavy atom. The highest BCUT2D eigenvalue weighted by Crippen LogP contribution is 2.21. The number of piperazine rings is 1. The Morgan fingerprint density at radius 2 is 1.94 bits per heavy atom. The van der Waals surface area contributed by atoms with Crippen molar-refractivity contribution in [2.75, 3.05) is 31.1 Å². The minimum absolute atomic E-state index is 0.00239. The molecule has 4 heteroatoms. The lowest BCUT2D eigenvalue weighted by atomic mass is 10.1. The van der Waals surface area contributed by atoms with Gasteiger partial charge in [0.05, 0.1) is 0 Å². The van der Waals surface area contributed by atoms with Crippen LogP contribution in [0.25, 0.3) is 10.9 Å². The molecule has 2 N–H and O–H groups in total. The van der Waals surface area contributed by atoms with E-state index < -0.39 is 0 Å². The summed E-state index contributed by atoms with van der Waals surface area (Å²) in [5.74, 6) is 0. The van der Waals surface area contributed by atoms with Gasteiger partial charge in [0, 0.05) is 48.3 Å². The first-order valence-electron chi connectivity index (χ1n) is 6.33. The van der Waals surface area contributed by atoms with Crippen LogP contribution < -0.4 is 15.8 Å². The van der Waals surface area contributed by atoms with Gasteiger partial charge in [0.2, 0.25) is 0 Å². The van der Waals surface area contributed by atoms with Gasteiger partial charge in [-0.15, -0.1) is 0 Å². The average molecular weight is 243 g/mol. The van der Waals surface area contributed by atoms with Crippen LogP contribution in [0.1, 0.15) is 5.56 Å². The molecule has 94 valence electrons. The van der Waals surface area contributed by atoms with Gasteiger partial charge in [-0.25, -0.2) is 0 Å². The lowest BCUT2D eigenvalue weighted by Crippen LogP contribution is -2.43. The maximum Gasteiger partial charge on any atom is 0.251 e. The number of pyridine rings is 1. The summed E-state index contributed by atoms with van der Waals surface area (Å²) in [5, 5.41) is 4.45. The molecule has 1 aliphatic rings. The van der Waals surface area contributed by atoms with E-state index in [1.165, 1.54) is 5.69 Å². The van der Waals surface area contributed by atoms with E-state index in [4.69, 9.17) is 0 Å². The van der Waals surface area contributed by atoms with Gasteiger partial charge in [0.25, 0.3) is 5.56 Å². The normalized spacial score (nSPS) is 16.2. The highest BCUT2D eigenvalue weighted by molar-refractivity contribution is 5.83. The molecule has 0 atom stereocenters. The highest BCUT2D eigenvalue weighted by Gasteiger charge is 2.10. The molecule has 4 nitrogen and oxygen atoms in total. The summed E-state index contributed by atoms with van der Waals surface area (Å²) in [5.41, 5.74) is 2.90. The molecule has 0 aliphatic carbocycles. The summed E-state index contributed by atoms with van der Waals surface area (Å²) in [7, 11) is 0. The third-order valence-corrected chi connectivity index (χ3v) is 3.50. The van der Waals surface area contributed by atoms with Crippen LogP contribution >= 0.6 is 0 Å². The molecule has 3 rings (SSSR count). The van der Waals surface area contributed by atoms with Gasteiger partial charge >= 0.3 is 0 Å². The van der Waals surface area contributed by atoms with Crippen LogP contribution in [0.2, 0.25) is 0 Å². The number of aromatic nitrogens is 1. The zero-order chi connectivity index (χ0) is 12.5. The van der Waals surface area contributed by atoms with E-state index in [9.17, 15) is 4.79 Å². The van der Waals surface area contributed by atoms with Gasteiger partial charge < -0.3 is 15.2 Å². The van der Waals surface area contributed by atoms with Crippen molar-refractivity contribution in [1.29, 1.82) is 0 Å². The Balaban J connectivity index is 2.04. The Morgan fingerprint density at radius 3 is 2.72 bits per heavy atom. The van der Waals surface area contributed by atoms with E-state index in [0.29, 0.717) is 0 Å². The highest BCUT2D eigenvalue weighted by atomic mass is 16.1. The molecule has 1 aromatic heterocycles.